The summed E-state index contributed by atoms with van der Waals surface area (Å²) in [6, 6.07) is 13.9. The lowest BCUT2D eigenvalue weighted by Crippen LogP contribution is -2.30. The minimum absolute atomic E-state index is 0.133. The van der Waals surface area contributed by atoms with Gasteiger partial charge < -0.3 is 10.2 Å². The highest BCUT2D eigenvalue weighted by atomic mass is 32.2. The number of nitrogens with zero attached hydrogens (tertiary/aromatic N) is 2. The second kappa shape index (κ2) is 8.75. The number of hydrogen-bond acceptors (Lipinski definition) is 4. The third-order valence-corrected chi connectivity index (χ3v) is 7.08. The molecule has 1 aliphatic rings. The van der Waals surface area contributed by atoms with Crippen LogP contribution in [0.15, 0.2) is 53.4 Å². The molecule has 1 heterocycles. The number of benzene rings is 2. The zero-order valence-electron chi connectivity index (χ0n) is 16.4. The molecule has 6 nitrogen and oxygen atoms in total. The van der Waals surface area contributed by atoms with Crippen LogP contribution >= 0.6 is 0 Å². The van der Waals surface area contributed by atoms with Crippen molar-refractivity contribution < 1.29 is 13.2 Å². The van der Waals surface area contributed by atoms with Gasteiger partial charge >= 0.3 is 0 Å². The molecule has 2 aromatic carbocycles. The van der Waals surface area contributed by atoms with Crippen LogP contribution in [-0.4, -0.2) is 44.8 Å². The molecule has 3 rings (SSSR count). The minimum Gasteiger partial charge on any atom is -0.372 e. The van der Waals surface area contributed by atoms with Crippen LogP contribution in [0.5, 0.6) is 0 Å². The number of anilines is 2. The van der Waals surface area contributed by atoms with Gasteiger partial charge in [0.05, 0.1) is 4.90 Å². The highest BCUT2D eigenvalue weighted by Gasteiger charge is 2.22. The van der Waals surface area contributed by atoms with Gasteiger partial charge in [-0.25, -0.2) is 8.42 Å². The van der Waals surface area contributed by atoms with Crippen molar-refractivity contribution in [1.29, 1.82) is 0 Å². The number of rotatable bonds is 7. The lowest BCUT2D eigenvalue weighted by Gasteiger charge is -2.19. The van der Waals surface area contributed by atoms with Gasteiger partial charge in [0.2, 0.25) is 10.0 Å². The van der Waals surface area contributed by atoms with Crippen molar-refractivity contribution in [2.45, 2.75) is 31.6 Å². The van der Waals surface area contributed by atoms with E-state index < -0.39 is 10.0 Å². The van der Waals surface area contributed by atoms with Crippen molar-refractivity contribution in [3.05, 3.63) is 54.1 Å². The predicted octanol–water partition coefficient (Wildman–Crippen LogP) is 3.57. The lowest BCUT2D eigenvalue weighted by atomic mass is 10.2. The van der Waals surface area contributed by atoms with Crippen molar-refractivity contribution in [2.75, 3.05) is 36.4 Å². The number of amides is 1. The average Bonchev–Trinajstić information content (AvgIpc) is 3.24. The van der Waals surface area contributed by atoms with E-state index in [-0.39, 0.29) is 10.8 Å². The standard InChI is InChI=1S/C21H27N3O3S/c1-3-24(4-2)28(26,27)20-9-7-8-17(16-20)21(25)22-18-10-12-19(13-11-18)23-14-5-6-15-23/h7-13,16H,3-6,14-15H2,1-2H3,(H,22,25). The Kier molecular flexibility index (Phi) is 6.36. The normalized spacial score (nSPS) is 14.5. The van der Waals surface area contributed by atoms with Crippen LogP contribution in [0.2, 0.25) is 0 Å². The summed E-state index contributed by atoms with van der Waals surface area (Å²) in [7, 11) is -3.60. The van der Waals surface area contributed by atoms with Crippen LogP contribution in [0.4, 0.5) is 11.4 Å². The summed E-state index contributed by atoms with van der Waals surface area (Å²) >= 11 is 0. The molecule has 7 heteroatoms. The van der Waals surface area contributed by atoms with Gasteiger partial charge in [-0.1, -0.05) is 19.9 Å². The maximum absolute atomic E-state index is 12.7. The molecule has 0 atom stereocenters. The first kappa shape index (κ1) is 20.4. The summed E-state index contributed by atoms with van der Waals surface area (Å²) < 4.78 is 26.7. The molecule has 1 N–H and O–H groups in total. The summed E-state index contributed by atoms with van der Waals surface area (Å²) in [4.78, 5) is 15.1. The Labute approximate surface area is 167 Å². The van der Waals surface area contributed by atoms with Crippen LogP contribution < -0.4 is 10.2 Å². The van der Waals surface area contributed by atoms with Crippen molar-refractivity contribution in [2.24, 2.45) is 0 Å². The van der Waals surface area contributed by atoms with Gasteiger partial charge in [0.25, 0.3) is 5.91 Å². The Hall–Kier alpha value is -2.38. The van der Waals surface area contributed by atoms with Crippen LogP contribution in [0, 0.1) is 0 Å². The zero-order valence-corrected chi connectivity index (χ0v) is 17.2. The van der Waals surface area contributed by atoms with Gasteiger partial charge in [0.1, 0.15) is 0 Å². The topological polar surface area (TPSA) is 69.7 Å². The summed E-state index contributed by atoms with van der Waals surface area (Å²) in [5, 5.41) is 2.85. The number of carbonyl (C=O) groups excluding carboxylic acids is 1. The third-order valence-electron chi connectivity index (χ3n) is 5.04. The molecule has 0 radical (unpaired) electrons. The molecule has 0 bridgehead atoms. The molecule has 2 aromatic rings. The number of hydrogen-bond donors (Lipinski definition) is 1. The molecule has 1 fully saturated rings. The van der Waals surface area contributed by atoms with Crippen LogP contribution in [0.25, 0.3) is 0 Å². The molecule has 0 unspecified atom stereocenters. The lowest BCUT2D eigenvalue weighted by molar-refractivity contribution is 0.102. The molecular weight excluding hydrogens is 374 g/mol. The van der Waals surface area contributed by atoms with E-state index in [0.29, 0.717) is 24.3 Å². The molecule has 1 saturated heterocycles. The molecule has 1 aliphatic heterocycles. The Morgan fingerprint density at radius 1 is 1.04 bits per heavy atom. The van der Waals surface area contributed by atoms with E-state index in [1.54, 1.807) is 26.0 Å². The maximum Gasteiger partial charge on any atom is 0.255 e. The van der Waals surface area contributed by atoms with E-state index in [1.165, 1.54) is 29.3 Å². The fourth-order valence-corrected chi connectivity index (χ4v) is 4.95. The third kappa shape index (κ3) is 4.36. The van der Waals surface area contributed by atoms with Crippen LogP contribution in [-0.2, 0) is 10.0 Å². The van der Waals surface area contributed by atoms with E-state index in [1.807, 2.05) is 24.3 Å². The van der Waals surface area contributed by atoms with Gasteiger partial charge in [-0.05, 0) is 55.3 Å². The van der Waals surface area contributed by atoms with Gasteiger partial charge in [-0.2, -0.15) is 4.31 Å². The molecule has 150 valence electrons. The average molecular weight is 402 g/mol. The van der Waals surface area contributed by atoms with E-state index in [0.717, 1.165) is 18.8 Å². The Balaban J connectivity index is 1.74. The number of carbonyl (C=O) groups is 1. The van der Waals surface area contributed by atoms with Crippen molar-refractivity contribution >= 4 is 27.3 Å². The highest BCUT2D eigenvalue weighted by Crippen LogP contribution is 2.23. The Bertz CT molecular complexity index is 916. The smallest absolute Gasteiger partial charge is 0.255 e. The molecule has 28 heavy (non-hydrogen) atoms. The fourth-order valence-electron chi connectivity index (χ4n) is 3.44. The van der Waals surface area contributed by atoms with Crippen molar-refractivity contribution in [1.82, 2.24) is 4.31 Å². The Morgan fingerprint density at radius 2 is 1.68 bits per heavy atom. The summed E-state index contributed by atoms with van der Waals surface area (Å²) in [6.07, 6.45) is 2.43. The number of sulfonamides is 1. The van der Waals surface area contributed by atoms with Crippen LogP contribution in [0.1, 0.15) is 37.0 Å². The van der Waals surface area contributed by atoms with Crippen molar-refractivity contribution in [3.63, 3.8) is 0 Å². The highest BCUT2D eigenvalue weighted by molar-refractivity contribution is 7.89. The Morgan fingerprint density at radius 3 is 2.29 bits per heavy atom. The molecule has 0 saturated carbocycles. The molecule has 0 aliphatic carbocycles. The second-order valence-corrected chi connectivity index (χ2v) is 8.75. The molecule has 0 spiro atoms. The van der Waals surface area contributed by atoms with E-state index in [9.17, 15) is 13.2 Å². The van der Waals surface area contributed by atoms with Gasteiger partial charge in [-0.15, -0.1) is 0 Å². The predicted molar refractivity (Wildman–Crippen MR) is 112 cm³/mol. The molecule has 1 amide bonds. The van der Waals surface area contributed by atoms with Gasteiger partial charge in [0, 0.05) is 43.1 Å². The SMILES string of the molecule is CCN(CC)S(=O)(=O)c1cccc(C(=O)Nc2ccc(N3CCCC3)cc2)c1. The van der Waals surface area contributed by atoms with Crippen LogP contribution in [0.3, 0.4) is 0 Å². The first-order chi connectivity index (χ1) is 13.5. The van der Waals surface area contributed by atoms with E-state index in [2.05, 4.69) is 10.2 Å². The quantitative estimate of drug-likeness (QED) is 0.770. The zero-order chi connectivity index (χ0) is 20.1. The summed E-state index contributed by atoms with van der Waals surface area (Å²) in [5.74, 6) is -0.328. The molecular formula is C21H27N3O3S. The first-order valence-electron chi connectivity index (χ1n) is 9.72. The maximum atomic E-state index is 12.7. The van der Waals surface area contributed by atoms with Gasteiger partial charge in [-0.3, -0.25) is 4.79 Å². The van der Waals surface area contributed by atoms with E-state index in [4.69, 9.17) is 0 Å². The fraction of sp³-hybridized carbons (Fsp3) is 0.381. The monoisotopic (exact) mass is 401 g/mol. The number of nitrogens with one attached hydrogen (secondary N) is 1. The first-order valence-corrected chi connectivity index (χ1v) is 11.2. The van der Waals surface area contributed by atoms with Crippen molar-refractivity contribution in [3.8, 4) is 0 Å². The molecule has 0 aromatic heterocycles. The summed E-state index contributed by atoms with van der Waals surface area (Å²) in [6.45, 7) is 6.50. The summed E-state index contributed by atoms with van der Waals surface area (Å²) in [5.41, 5.74) is 2.16. The van der Waals surface area contributed by atoms with Gasteiger partial charge in [0.15, 0.2) is 0 Å². The van der Waals surface area contributed by atoms with E-state index >= 15 is 0 Å². The second-order valence-electron chi connectivity index (χ2n) is 6.81. The largest absolute Gasteiger partial charge is 0.372 e. The minimum atomic E-state index is -3.60.